The molecule has 2 aromatic heterocycles. The van der Waals surface area contributed by atoms with Gasteiger partial charge in [-0.2, -0.15) is 0 Å². The van der Waals surface area contributed by atoms with Gasteiger partial charge in [-0.25, -0.2) is 4.98 Å². The summed E-state index contributed by atoms with van der Waals surface area (Å²) in [5.74, 6) is 1.05. The molecule has 0 aliphatic heterocycles. The fourth-order valence-corrected chi connectivity index (χ4v) is 3.53. The molecule has 0 atom stereocenters. The molecule has 0 unspecified atom stereocenters. The first-order chi connectivity index (χ1) is 14.0. The van der Waals surface area contributed by atoms with Crippen molar-refractivity contribution < 1.29 is 0 Å². The fraction of sp³-hybridized carbons (Fsp3) is 0.280. The van der Waals surface area contributed by atoms with Gasteiger partial charge in [0.15, 0.2) is 5.65 Å². The molecule has 0 spiro atoms. The molecule has 4 rings (SSSR count). The quantitative estimate of drug-likeness (QED) is 0.482. The van der Waals surface area contributed by atoms with Crippen molar-refractivity contribution in [1.82, 2.24) is 14.4 Å². The van der Waals surface area contributed by atoms with Crippen molar-refractivity contribution in [2.24, 2.45) is 0 Å². The highest BCUT2D eigenvalue weighted by Crippen LogP contribution is 2.24. The van der Waals surface area contributed by atoms with Gasteiger partial charge in [-0.15, -0.1) is 0 Å². The number of hydrogen-bond acceptors (Lipinski definition) is 3. The predicted octanol–water partition coefficient (Wildman–Crippen LogP) is 5.42. The van der Waals surface area contributed by atoms with Crippen LogP contribution >= 0.6 is 0 Å². The van der Waals surface area contributed by atoms with Crippen LogP contribution in [0.15, 0.2) is 73.2 Å². The molecule has 4 nitrogen and oxygen atoms in total. The topological polar surface area (TPSA) is 42.2 Å². The Morgan fingerprint density at radius 2 is 1.66 bits per heavy atom. The van der Waals surface area contributed by atoms with Crippen LogP contribution in [0.2, 0.25) is 0 Å². The van der Waals surface area contributed by atoms with E-state index >= 15 is 0 Å². The van der Waals surface area contributed by atoms with Gasteiger partial charge in [0.2, 0.25) is 0 Å². The van der Waals surface area contributed by atoms with Gasteiger partial charge >= 0.3 is 0 Å². The van der Waals surface area contributed by atoms with Crippen molar-refractivity contribution in [2.75, 3.05) is 5.32 Å². The molecule has 2 aromatic carbocycles. The van der Waals surface area contributed by atoms with E-state index in [1.165, 1.54) is 16.7 Å². The van der Waals surface area contributed by atoms with Gasteiger partial charge in [0.25, 0.3) is 0 Å². The second kappa shape index (κ2) is 8.08. The summed E-state index contributed by atoms with van der Waals surface area (Å²) in [5.41, 5.74) is 6.09. The van der Waals surface area contributed by atoms with Gasteiger partial charge in [-0.3, -0.25) is 9.38 Å². The van der Waals surface area contributed by atoms with Crippen LogP contribution in [0, 0.1) is 0 Å². The Bertz CT molecular complexity index is 1070. The average molecular weight is 385 g/mol. The number of nitrogens with one attached hydrogen (secondary N) is 1. The van der Waals surface area contributed by atoms with Gasteiger partial charge < -0.3 is 5.32 Å². The van der Waals surface area contributed by atoms with Crippen LogP contribution in [0.1, 0.15) is 43.2 Å². The SMILES string of the molecule is CC(C)(C)c1ccc(CCc2nc3cnccn3c2NCc2ccccc2)cc1. The van der Waals surface area contributed by atoms with E-state index in [2.05, 4.69) is 84.0 Å². The molecule has 0 aliphatic rings. The fourth-order valence-electron chi connectivity index (χ4n) is 3.53. The molecule has 1 N–H and O–H groups in total. The summed E-state index contributed by atoms with van der Waals surface area (Å²) in [5, 5.41) is 3.59. The molecule has 148 valence electrons. The first-order valence-corrected chi connectivity index (χ1v) is 10.2. The number of aromatic nitrogens is 3. The van der Waals surface area contributed by atoms with Crippen molar-refractivity contribution in [1.29, 1.82) is 0 Å². The molecule has 0 radical (unpaired) electrons. The molecule has 0 fully saturated rings. The van der Waals surface area contributed by atoms with E-state index in [4.69, 9.17) is 4.98 Å². The lowest BCUT2D eigenvalue weighted by Gasteiger charge is -2.19. The van der Waals surface area contributed by atoms with E-state index in [9.17, 15) is 0 Å². The van der Waals surface area contributed by atoms with Crippen LogP contribution in [0.25, 0.3) is 5.65 Å². The van der Waals surface area contributed by atoms with Crippen molar-refractivity contribution in [3.63, 3.8) is 0 Å². The van der Waals surface area contributed by atoms with Crippen molar-refractivity contribution >= 4 is 11.5 Å². The monoisotopic (exact) mass is 384 g/mol. The van der Waals surface area contributed by atoms with E-state index in [-0.39, 0.29) is 5.41 Å². The molecule has 2 heterocycles. The smallest absolute Gasteiger partial charge is 0.157 e. The second-order valence-corrected chi connectivity index (χ2v) is 8.50. The number of rotatable bonds is 6. The number of benzene rings is 2. The number of anilines is 1. The Labute approximate surface area is 172 Å². The molecule has 0 aliphatic carbocycles. The number of aryl methyl sites for hydroxylation is 2. The van der Waals surface area contributed by atoms with Crippen LogP contribution < -0.4 is 5.32 Å². The molecule has 0 amide bonds. The highest BCUT2D eigenvalue weighted by molar-refractivity contribution is 5.54. The van der Waals surface area contributed by atoms with Gasteiger partial charge in [-0.1, -0.05) is 75.4 Å². The lowest BCUT2D eigenvalue weighted by atomic mass is 9.86. The molecule has 29 heavy (non-hydrogen) atoms. The predicted molar refractivity (Wildman–Crippen MR) is 119 cm³/mol. The van der Waals surface area contributed by atoms with Crippen molar-refractivity contribution in [3.8, 4) is 0 Å². The van der Waals surface area contributed by atoms with Crippen LogP contribution in [0.4, 0.5) is 5.82 Å². The lowest BCUT2D eigenvalue weighted by Crippen LogP contribution is -2.10. The zero-order valence-corrected chi connectivity index (χ0v) is 17.4. The van der Waals surface area contributed by atoms with Crippen LogP contribution in [-0.4, -0.2) is 14.4 Å². The van der Waals surface area contributed by atoms with Crippen molar-refractivity contribution in [3.05, 3.63) is 95.6 Å². The number of nitrogens with zero attached hydrogens (tertiary/aromatic N) is 3. The Kier molecular flexibility index (Phi) is 5.34. The normalized spacial score (nSPS) is 11.7. The zero-order chi connectivity index (χ0) is 20.3. The maximum Gasteiger partial charge on any atom is 0.157 e. The Morgan fingerprint density at radius 3 is 2.38 bits per heavy atom. The molecular formula is C25H28N4. The summed E-state index contributed by atoms with van der Waals surface area (Å²) in [4.78, 5) is 9.06. The molecule has 0 saturated heterocycles. The van der Waals surface area contributed by atoms with Crippen molar-refractivity contribution in [2.45, 2.75) is 45.6 Å². The Hall–Kier alpha value is -3.14. The average Bonchev–Trinajstić information content (AvgIpc) is 3.08. The zero-order valence-electron chi connectivity index (χ0n) is 17.4. The maximum atomic E-state index is 4.83. The van der Waals surface area contributed by atoms with Crippen LogP contribution in [0.3, 0.4) is 0 Å². The summed E-state index contributed by atoms with van der Waals surface area (Å²) in [6.07, 6.45) is 7.43. The van der Waals surface area contributed by atoms with Gasteiger partial charge in [0, 0.05) is 18.9 Å². The number of hydrogen-bond donors (Lipinski definition) is 1. The summed E-state index contributed by atoms with van der Waals surface area (Å²) in [6.45, 7) is 7.51. The van der Waals surface area contributed by atoms with E-state index < -0.39 is 0 Å². The van der Waals surface area contributed by atoms with Crippen LogP contribution in [0.5, 0.6) is 0 Å². The van der Waals surface area contributed by atoms with E-state index in [0.717, 1.165) is 36.5 Å². The minimum atomic E-state index is 0.182. The van der Waals surface area contributed by atoms with E-state index in [1.807, 2.05) is 18.5 Å². The summed E-state index contributed by atoms with van der Waals surface area (Å²) in [7, 11) is 0. The highest BCUT2D eigenvalue weighted by Gasteiger charge is 2.14. The number of fused-ring (bicyclic) bond motifs is 1. The summed E-state index contributed by atoms with van der Waals surface area (Å²) >= 11 is 0. The largest absolute Gasteiger partial charge is 0.366 e. The van der Waals surface area contributed by atoms with E-state index in [1.54, 1.807) is 6.20 Å². The van der Waals surface area contributed by atoms with Gasteiger partial charge in [-0.05, 0) is 34.9 Å². The lowest BCUT2D eigenvalue weighted by molar-refractivity contribution is 0.590. The molecule has 0 bridgehead atoms. The maximum absolute atomic E-state index is 4.83. The minimum absolute atomic E-state index is 0.182. The summed E-state index contributed by atoms with van der Waals surface area (Å²) < 4.78 is 2.09. The highest BCUT2D eigenvalue weighted by atomic mass is 15.1. The standard InChI is InChI=1S/C25H28N4/c1-25(2,3)21-12-9-19(10-13-21)11-14-22-24(27-17-20-7-5-4-6-8-20)29-16-15-26-18-23(29)28-22/h4-10,12-13,15-16,18,27H,11,14,17H2,1-3H3. The third kappa shape index (κ3) is 4.48. The first-order valence-electron chi connectivity index (χ1n) is 10.2. The second-order valence-electron chi connectivity index (χ2n) is 8.50. The number of imidazole rings is 1. The molecular weight excluding hydrogens is 356 g/mol. The first kappa shape index (κ1) is 19.2. The minimum Gasteiger partial charge on any atom is -0.366 e. The third-order valence-corrected chi connectivity index (χ3v) is 5.28. The third-order valence-electron chi connectivity index (χ3n) is 5.28. The van der Waals surface area contributed by atoms with Crippen LogP contribution in [-0.2, 0) is 24.8 Å². The molecule has 0 saturated carbocycles. The Morgan fingerprint density at radius 1 is 0.897 bits per heavy atom. The molecule has 4 heteroatoms. The van der Waals surface area contributed by atoms with Gasteiger partial charge in [0.1, 0.15) is 5.82 Å². The van der Waals surface area contributed by atoms with Gasteiger partial charge in [0.05, 0.1) is 11.9 Å². The molecule has 4 aromatic rings. The summed E-state index contributed by atoms with van der Waals surface area (Å²) in [6, 6.07) is 19.4. The Balaban J connectivity index is 1.53. The van der Waals surface area contributed by atoms with E-state index in [0.29, 0.717) is 0 Å².